The minimum Gasteiger partial charge on any atom is -0.298 e. The van der Waals surface area contributed by atoms with Gasteiger partial charge in [0.1, 0.15) is 17.0 Å². The first-order chi connectivity index (χ1) is 6.36. The molecule has 0 aliphatic carbocycles. The Balaban J connectivity index is 3.56. The van der Waals surface area contributed by atoms with Crippen molar-refractivity contribution in [2.75, 3.05) is 6.26 Å². The Hall–Kier alpha value is -0.750. The molecule has 0 fully saturated rings. The lowest BCUT2D eigenvalue weighted by molar-refractivity contribution is 0.112. The van der Waals surface area contributed by atoms with Crippen molar-refractivity contribution in [1.29, 1.82) is 0 Å². The van der Waals surface area contributed by atoms with Crippen molar-refractivity contribution in [1.82, 2.24) is 0 Å². The predicted octanol–water partition coefficient (Wildman–Crippen LogP) is 1.80. The Morgan fingerprint density at radius 1 is 1.43 bits per heavy atom. The first kappa shape index (κ1) is 11.3. The summed E-state index contributed by atoms with van der Waals surface area (Å²) in [4.78, 5) is 9.91. The summed E-state index contributed by atoms with van der Waals surface area (Å²) in [5.74, 6) is -0.927. The number of hydrogen-bond donors (Lipinski definition) is 0. The van der Waals surface area contributed by atoms with E-state index >= 15 is 0 Å². The number of carbonyl (C=O) groups excluding carboxylic acids is 1. The molecule has 6 heteroatoms. The van der Waals surface area contributed by atoms with Gasteiger partial charge in [-0.15, -0.1) is 0 Å². The maximum Gasteiger partial charge on any atom is 0.179 e. The molecule has 1 rings (SSSR count). The van der Waals surface area contributed by atoms with Crippen LogP contribution in [0.15, 0.2) is 21.5 Å². The number of sulfone groups is 1. The Morgan fingerprint density at radius 2 is 2.00 bits per heavy atom. The van der Waals surface area contributed by atoms with Gasteiger partial charge < -0.3 is 0 Å². The smallest absolute Gasteiger partial charge is 0.179 e. The highest BCUT2D eigenvalue weighted by Crippen LogP contribution is 2.25. The monoisotopic (exact) mass is 280 g/mol. The summed E-state index contributed by atoms with van der Waals surface area (Å²) in [6.07, 6.45) is 1.34. The molecular weight excluding hydrogens is 275 g/mol. The molecule has 1 aromatic carbocycles. The van der Waals surface area contributed by atoms with Crippen molar-refractivity contribution in [3.8, 4) is 0 Å². The molecule has 0 unspecified atom stereocenters. The van der Waals surface area contributed by atoms with Crippen LogP contribution in [0.4, 0.5) is 4.39 Å². The van der Waals surface area contributed by atoms with E-state index in [9.17, 15) is 17.6 Å². The quantitative estimate of drug-likeness (QED) is 0.777. The predicted molar refractivity (Wildman–Crippen MR) is 52.6 cm³/mol. The van der Waals surface area contributed by atoms with E-state index in [0.717, 1.165) is 12.3 Å². The summed E-state index contributed by atoms with van der Waals surface area (Å²) in [6, 6.07) is 2.14. The molecule has 0 atom stereocenters. The fourth-order valence-corrected chi connectivity index (χ4v) is 3.16. The van der Waals surface area contributed by atoms with Crippen LogP contribution in [0.5, 0.6) is 0 Å². The van der Waals surface area contributed by atoms with Crippen molar-refractivity contribution in [2.45, 2.75) is 4.90 Å². The summed E-state index contributed by atoms with van der Waals surface area (Å²) in [5, 5.41) is 0. The van der Waals surface area contributed by atoms with E-state index in [1.165, 1.54) is 6.07 Å². The fourth-order valence-electron chi connectivity index (χ4n) is 1.00. The summed E-state index contributed by atoms with van der Waals surface area (Å²) in [6.45, 7) is 0. The van der Waals surface area contributed by atoms with Gasteiger partial charge in [0, 0.05) is 16.3 Å². The van der Waals surface area contributed by atoms with E-state index in [4.69, 9.17) is 0 Å². The van der Waals surface area contributed by atoms with Crippen LogP contribution in [0.3, 0.4) is 0 Å². The van der Waals surface area contributed by atoms with E-state index < -0.39 is 20.5 Å². The molecule has 0 aliphatic heterocycles. The summed E-state index contributed by atoms with van der Waals surface area (Å²) >= 11 is 2.90. The van der Waals surface area contributed by atoms with Crippen LogP contribution in [0.1, 0.15) is 10.4 Å². The van der Waals surface area contributed by atoms with Gasteiger partial charge in [0.2, 0.25) is 0 Å². The summed E-state index contributed by atoms with van der Waals surface area (Å²) in [7, 11) is -3.63. The number of aldehydes is 1. The highest BCUT2D eigenvalue weighted by Gasteiger charge is 2.18. The second kappa shape index (κ2) is 3.78. The third-order valence-corrected chi connectivity index (χ3v) is 3.57. The van der Waals surface area contributed by atoms with Crippen LogP contribution >= 0.6 is 15.9 Å². The maximum atomic E-state index is 13.2. The SMILES string of the molecule is CS(=O)(=O)c1c(F)cc(C=O)cc1Br. The largest absolute Gasteiger partial charge is 0.298 e. The third-order valence-electron chi connectivity index (χ3n) is 1.53. The molecule has 3 nitrogen and oxygen atoms in total. The fraction of sp³-hybridized carbons (Fsp3) is 0.125. The molecule has 0 bridgehead atoms. The molecular formula is C8H6BrFO3S. The molecule has 0 spiro atoms. The van der Waals surface area contributed by atoms with Gasteiger partial charge >= 0.3 is 0 Å². The number of carbonyl (C=O) groups is 1. The van der Waals surface area contributed by atoms with E-state index in [1.807, 2.05) is 0 Å². The van der Waals surface area contributed by atoms with E-state index in [0.29, 0.717) is 6.29 Å². The molecule has 0 aromatic heterocycles. The molecule has 0 radical (unpaired) electrons. The first-order valence-corrected chi connectivity index (χ1v) is 6.19. The van der Waals surface area contributed by atoms with Crippen LogP contribution in [0, 0.1) is 5.82 Å². The minimum atomic E-state index is -3.63. The van der Waals surface area contributed by atoms with Crippen molar-refractivity contribution in [2.24, 2.45) is 0 Å². The average Bonchev–Trinajstić information content (AvgIpc) is 1.99. The molecule has 0 saturated carbocycles. The summed E-state index contributed by atoms with van der Waals surface area (Å²) < 4.78 is 35.5. The second-order valence-electron chi connectivity index (χ2n) is 2.70. The zero-order valence-corrected chi connectivity index (χ0v) is 9.52. The molecule has 76 valence electrons. The van der Waals surface area contributed by atoms with Crippen LogP contribution in [0.25, 0.3) is 0 Å². The Labute approximate surface area is 89.0 Å². The van der Waals surface area contributed by atoms with E-state index in [2.05, 4.69) is 15.9 Å². The number of halogens is 2. The first-order valence-electron chi connectivity index (χ1n) is 3.50. The standard InChI is InChI=1S/C8H6BrFO3S/c1-14(12,13)8-6(9)2-5(4-11)3-7(8)10/h2-4H,1H3. The van der Waals surface area contributed by atoms with Crippen LogP contribution < -0.4 is 0 Å². The van der Waals surface area contributed by atoms with Gasteiger partial charge in [0.25, 0.3) is 0 Å². The molecule has 1 aromatic rings. The van der Waals surface area contributed by atoms with Gasteiger partial charge in [-0.1, -0.05) is 0 Å². The van der Waals surface area contributed by atoms with Crippen LogP contribution in [0.2, 0.25) is 0 Å². The van der Waals surface area contributed by atoms with E-state index in [-0.39, 0.29) is 10.0 Å². The van der Waals surface area contributed by atoms with Gasteiger partial charge in [-0.25, -0.2) is 12.8 Å². The lowest BCUT2D eigenvalue weighted by atomic mass is 10.2. The second-order valence-corrected chi connectivity index (χ2v) is 5.51. The number of rotatable bonds is 2. The van der Waals surface area contributed by atoms with Crippen molar-refractivity contribution < 1.29 is 17.6 Å². The minimum absolute atomic E-state index is 0.0575. The van der Waals surface area contributed by atoms with Crippen LogP contribution in [-0.2, 0) is 9.84 Å². The molecule has 0 amide bonds. The van der Waals surface area contributed by atoms with Crippen molar-refractivity contribution >= 4 is 32.1 Å². The van der Waals surface area contributed by atoms with Gasteiger partial charge in [-0.05, 0) is 28.1 Å². The average molecular weight is 281 g/mol. The van der Waals surface area contributed by atoms with Crippen LogP contribution in [-0.4, -0.2) is 21.0 Å². The molecule has 14 heavy (non-hydrogen) atoms. The molecule has 0 N–H and O–H groups in total. The normalized spacial score (nSPS) is 11.4. The zero-order chi connectivity index (χ0) is 10.9. The Bertz CT molecular complexity index is 458. The van der Waals surface area contributed by atoms with E-state index in [1.54, 1.807) is 0 Å². The van der Waals surface area contributed by atoms with Gasteiger partial charge in [-0.3, -0.25) is 4.79 Å². The maximum absolute atomic E-state index is 13.2. The van der Waals surface area contributed by atoms with Crippen molar-refractivity contribution in [3.63, 3.8) is 0 Å². The molecule has 0 heterocycles. The lowest BCUT2D eigenvalue weighted by Crippen LogP contribution is -2.03. The third kappa shape index (κ3) is 2.19. The highest BCUT2D eigenvalue weighted by molar-refractivity contribution is 9.10. The lowest BCUT2D eigenvalue weighted by Gasteiger charge is -2.04. The Kier molecular flexibility index (Phi) is 3.06. The van der Waals surface area contributed by atoms with Gasteiger partial charge in [0.15, 0.2) is 9.84 Å². The zero-order valence-electron chi connectivity index (χ0n) is 7.12. The summed E-state index contributed by atoms with van der Waals surface area (Å²) in [5.41, 5.74) is 0.0850. The van der Waals surface area contributed by atoms with Crippen molar-refractivity contribution in [3.05, 3.63) is 28.0 Å². The molecule has 0 aliphatic rings. The number of hydrogen-bond acceptors (Lipinski definition) is 3. The number of benzene rings is 1. The topological polar surface area (TPSA) is 51.2 Å². The van der Waals surface area contributed by atoms with Gasteiger partial charge in [-0.2, -0.15) is 0 Å². The molecule has 0 saturated heterocycles. The highest BCUT2D eigenvalue weighted by atomic mass is 79.9. The van der Waals surface area contributed by atoms with Gasteiger partial charge in [0.05, 0.1) is 0 Å². The Morgan fingerprint density at radius 3 is 2.36 bits per heavy atom.